The van der Waals surface area contributed by atoms with Crippen LogP contribution in [0, 0.1) is 0 Å². The fraction of sp³-hybridized carbons (Fsp3) is 0.238. The minimum Gasteiger partial charge on any atom is -0.242 e. The Kier molecular flexibility index (Phi) is 4.63. The molecule has 0 nitrogen and oxygen atoms in total. The van der Waals surface area contributed by atoms with Gasteiger partial charge in [-0.25, -0.2) is 4.39 Å². The highest BCUT2D eigenvalue weighted by Gasteiger charge is 2.39. The SMILES string of the molecule is CC=Cc1ccc(C2(CC)C=CC(c3ccccc3)=CC2F)s1. The van der Waals surface area contributed by atoms with Crippen LogP contribution in [0.4, 0.5) is 4.39 Å². The lowest BCUT2D eigenvalue weighted by molar-refractivity contribution is 0.273. The van der Waals surface area contributed by atoms with Gasteiger partial charge in [0, 0.05) is 9.75 Å². The van der Waals surface area contributed by atoms with Gasteiger partial charge in [-0.3, -0.25) is 0 Å². The third kappa shape index (κ3) is 2.96. The molecule has 0 fully saturated rings. The summed E-state index contributed by atoms with van der Waals surface area (Å²) in [5.74, 6) is 0. The Balaban J connectivity index is 1.96. The number of thiophene rings is 1. The van der Waals surface area contributed by atoms with E-state index < -0.39 is 11.6 Å². The smallest absolute Gasteiger partial charge is 0.133 e. The molecular formula is C21H21FS. The van der Waals surface area contributed by atoms with Crippen LogP contribution in [0.1, 0.15) is 35.6 Å². The Labute approximate surface area is 141 Å². The molecule has 2 atom stereocenters. The maximum atomic E-state index is 15.2. The van der Waals surface area contributed by atoms with E-state index in [0.717, 1.165) is 22.4 Å². The molecule has 0 saturated heterocycles. The molecule has 2 aromatic rings. The van der Waals surface area contributed by atoms with E-state index in [9.17, 15) is 0 Å². The summed E-state index contributed by atoms with van der Waals surface area (Å²) in [6.45, 7) is 4.07. The minimum atomic E-state index is -1.01. The number of hydrogen-bond donors (Lipinski definition) is 0. The van der Waals surface area contributed by atoms with Gasteiger partial charge >= 0.3 is 0 Å². The highest BCUT2D eigenvalue weighted by atomic mass is 32.1. The van der Waals surface area contributed by atoms with Crippen LogP contribution in [0.25, 0.3) is 11.6 Å². The Morgan fingerprint density at radius 1 is 1.17 bits per heavy atom. The van der Waals surface area contributed by atoms with Crippen molar-refractivity contribution in [2.75, 3.05) is 0 Å². The summed E-state index contributed by atoms with van der Waals surface area (Å²) in [6.07, 6.45) is 9.74. The molecule has 0 saturated carbocycles. The summed E-state index contributed by atoms with van der Waals surface area (Å²) in [7, 11) is 0. The van der Waals surface area contributed by atoms with Crippen molar-refractivity contribution in [1.82, 2.24) is 0 Å². The molecule has 1 aromatic carbocycles. The topological polar surface area (TPSA) is 0 Å². The molecule has 1 aromatic heterocycles. The zero-order chi connectivity index (χ0) is 16.3. The Bertz CT molecular complexity index is 751. The van der Waals surface area contributed by atoms with E-state index in [1.165, 1.54) is 4.88 Å². The first-order chi connectivity index (χ1) is 11.2. The van der Waals surface area contributed by atoms with E-state index in [1.807, 2.05) is 43.3 Å². The molecule has 0 radical (unpaired) electrons. The molecule has 23 heavy (non-hydrogen) atoms. The quantitative estimate of drug-likeness (QED) is 0.608. The van der Waals surface area contributed by atoms with Crippen molar-refractivity contribution < 1.29 is 4.39 Å². The van der Waals surface area contributed by atoms with Crippen molar-refractivity contribution in [2.45, 2.75) is 31.9 Å². The fourth-order valence-corrected chi connectivity index (χ4v) is 4.32. The number of halogens is 1. The van der Waals surface area contributed by atoms with E-state index >= 15 is 4.39 Å². The summed E-state index contributed by atoms with van der Waals surface area (Å²) in [5.41, 5.74) is 1.49. The van der Waals surface area contributed by atoms with Crippen LogP contribution in [-0.2, 0) is 5.41 Å². The molecule has 118 valence electrons. The lowest BCUT2D eigenvalue weighted by Crippen LogP contribution is -2.34. The minimum absolute atomic E-state index is 0.539. The highest BCUT2D eigenvalue weighted by molar-refractivity contribution is 7.13. The third-order valence-electron chi connectivity index (χ3n) is 4.49. The average Bonchev–Trinajstić information content (AvgIpc) is 3.05. The molecule has 1 aliphatic carbocycles. The molecule has 0 N–H and O–H groups in total. The summed E-state index contributed by atoms with van der Waals surface area (Å²) in [5, 5.41) is 0. The van der Waals surface area contributed by atoms with Crippen molar-refractivity contribution in [2.24, 2.45) is 0 Å². The summed E-state index contributed by atoms with van der Waals surface area (Å²) in [6, 6.07) is 14.2. The Morgan fingerprint density at radius 2 is 1.96 bits per heavy atom. The number of allylic oxidation sites excluding steroid dienone is 5. The third-order valence-corrected chi connectivity index (χ3v) is 5.73. The molecule has 1 heterocycles. The Hall–Kier alpha value is -1.93. The van der Waals surface area contributed by atoms with E-state index in [-0.39, 0.29) is 0 Å². The van der Waals surface area contributed by atoms with Crippen molar-refractivity contribution in [3.05, 3.63) is 82.1 Å². The number of hydrogen-bond acceptors (Lipinski definition) is 1. The number of rotatable bonds is 4. The standard InChI is InChI=1S/C21H21FS/c1-3-8-18-11-12-20(23-18)21(4-2)14-13-17(15-19(21)22)16-9-6-5-7-10-16/h3,5-15,19H,4H2,1-2H3. The van der Waals surface area contributed by atoms with Crippen LogP contribution in [0.3, 0.4) is 0 Å². The van der Waals surface area contributed by atoms with Crippen molar-refractivity contribution in [3.8, 4) is 0 Å². The lowest BCUT2D eigenvalue weighted by atomic mass is 9.74. The van der Waals surface area contributed by atoms with Gasteiger partial charge in [0.05, 0.1) is 5.41 Å². The predicted octanol–water partition coefficient (Wildman–Crippen LogP) is 6.42. The van der Waals surface area contributed by atoms with Crippen molar-refractivity contribution in [1.29, 1.82) is 0 Å². The van der Waals surface area contributed by atoms with Crippen LogP contribution in [0.15, 0.2) is 66.8 Å². The Morgan fingerprint density at radius 3 is 2.61 bits per heavy atom. The molecule has 3 rings (SSSR count). The zero-order valence-electron chi connectivity index (χ0n) is 13.5. The van der Waals surface area contributed by atoms with Crippen LogP contribution in [0.5, 0.6) is 0 Å². The van der Waals surface area contributed by atoms with Gasteiger partial charge in [0.15, 0.2) is 0 Å². The first kappa shape index (κ1) is 15.9. The van der Waals surface area contributed by atoms with E-state index in [4.69, 9.17) is 0 Å². The van der Waals surface area contributed by atoms with Crippen LogP contribution in [-0.4, -0.2) is 6.17 Å². The predicted molar refractivity (Wildman–Crippen MR) is 99.5 cm³/mol. The molecular weight excluding hydrogens is 303 g/mol. The summed E-state index contributed by atoms with van der Waals surface area (Å²) < 4.78 is 15.2. The zero-order valence-corrected chi connectivity index (χ0v) is 14.3. The van der Waals surface area contributed by atoms with Crippen molar-refractivity contribution in [3.63, 3.8) is 0 Å². The van der Waals surface area contributed by atoms with Crippen LogP contribution in [0.2, 0.25) is 0 Å². The van der Waals surface area contributed by atoms with Gasteiger partial charge in [-0.1, -0.05) is 55.5 Å². The average molecular weight is 324 g/mol. The van der Waals surface area contributed by atoms with Crippen molar-refractivity contribution >= 4 is 23.0 Å². The van der Waals surface area contributed by atoms with Crippen LogP contribution >= 0.6 is 11.3 Å². The van der Waals surface area contributed by atoms with Gasteiger partial charge in [-0.15, -0.1) is 11.3 Å². The lowest BCUT2D eigenvalue weighted by Gasteiger charge is -2.33. The van der Waals surface area contributed by atoms with Gasteiger partial charge in [0.25, 0.3) is 0 Å². The van der Waals surface area contributed by atoms with Gasteiger partial charge in [-0.05, 0) is 48.8 Å². The summed E-state index contributed by atoms with van der Waals surface area (Å²) >= 11 is 1.68. The van der Waals surface area contributed by atoms with E-state index in [1.54, 1.807) is 17.4 Å². The molecule has 0 bridgehead atoms. The van der Waals surface area contributed by atoms with Crippen LogP contribution < -0.4 is 0 Å². The second kappa shape index (κ2) is 6.67. The second-order valence-electron chi connectivity index (χ2n) is 5.82. The summed E-state index contributed by atoms with van der Waals surface area (Å²) in [4.78, 5) is 2.27. The monoisotopic (exact) mass is 324 g/mol. The maximum absolute atomic E-state index is 15.2. The largest absolute Gasteiger partial charge is 0.242 e. The molecule has 0 spiro atoms. The van der Waals surface area contributed by atoms with Gasteiger partial charge in [0.1, 0.15) is 6.17 Å². The van der Waals surface area contributed by atoms with Gasteiger partial charge in [0.2, 0.25) is 0 Å². The normalized spacial score (nSPS) is 24.1. The van der Waals surface area contributed by atoms with E-state index in [2.05, 4.69) is 37.3 Å². The molecule has 1 aliphatic rings. The number of alkyl halides is 1. The first-order valence-corrected chi connectivity index (χ1v) is 8.85. The first-order valence-electron chi connectivity index (χ1n) is 8.03. The maximum Gasteiger partial charge on any atom is 0.133 e. The molecule has 0 aliphatic heterocycles. The number of benzene rings is 1. The van der Waals surface area contributed by atoms with E-state index in [0.29, 0.717) is 0 Å². The molecule has 2 heteroatoms. The van der Waals surface area contributed by atoms with Gasteiger partial charge < -0.3 is 0 Å². The molecule has 2 unspecified atom stereocenters. The fourth-order valence-electron chi connectivity index (χ4n) is 3.08. The van der Waals surface area contributed by atoms with Gasteiger partial charge in [-0.2, -0.15) is 0 Å². The highest BCUT2D eigenvalue weighted by Crippen LogP contribution is 2.43. The second-order valence-corrected chi connectivity index (χ2v) is 6.93. The molecule has 0 amide bonds.